The van der Waals surface area contributed by atoms with Crippen molar-refractivity contribution in [2.24, 2.45) is 0 Å². The Morgan fingerprint density at radius 3 is 2.58 bits per heavy atom. The van der Waals surface area contributed by atoms with E-state index in [-0.39, 0.29) is 6.61 Å². The summed E-state index contributed by atoms with van der Waals surface area (Å²) in [5, 5.41) is 9.47. The van der Waals surface area contributed by atoms with E-state index in [2.05, 4.69) is 46.1 Å². The number of pyridine rings is 1. The molecule has 1 aliphatic heterocycles. The largest absolute Gasteiger partial charge is 0.395 e. The monoisotopic (exact) mass is 325 g/mol. The van der Waals surface area contributed by atoms with Crippen LogP contribution in [-0.2, 0) is 6.54 Å². The minimum Gasteiger partial charge on any atom is -0.395 e. The molecule has 0 bridgehead atoms. The molecule has 0 atom stereocenters. The summed E-state index contributed by atoms with van der Waals surface area (Å²) >= 11 is 0. The molecule has 1 fully saturated rings. The van der Waals surface area contributed by atoms with Crippen molar-refractivity contribution >= 4 is 0 Å². The molecule has 2 aromatic rings. The smallest absolute Gasteiger partial charge is 0.0558 e. The van der Waals surface area contributed by atoms with Crippen LogP contribution in [-0.4, -0.2) is 59.2 Å². The molecular formula is C20H27N3O. The van der Waals surface area contributed by atoms with Crippen molar-refractivity contribution < 1.29 is 5.11 Å². The molecule has 128 valence electrons. The first kappa shape index (κ1) is 17.1. The molecule has 0 radical (unpaired) electrons. The van der Waals surface area contributed by atoms with Crippen LogP contribution in [0.2, 0.25) is 0 Å². The summed E-state index contributed by atoms with van der Waals surface area (Å²) in [6.45, 7) is 4.14. The molecule has 0 unspecified atom stereocenters. The number of aliphatic hydroxyl groups is 1. The molecule has 1 saturated heterocycles. The quantitative estimate of drug-likeness (QED) is 0.886. The number of aliphatic hydroxyl groups excluding tert-OH is 1. The van der Waals surface area contributed by atoms with Gasteiger partial charge in [-0.3, -0.25) is 9.88 Å². The zero-order valence-electron chi connectivity index (χ0n) is 14.4. The fraction of sp³-hybridized carbons (Fsp3) is 0.450. The van der Waals surface area contributed by atoms with Gasteiger partial charge in [-0.2, -0.15) is 0 Å². The van der Waals surface area contributed by atoms with Crippen molar-refractivity contribution in [2.45, 2.75) is 25.4 Å². The Morgan fingerprint density at radius 2 is 1.88 bits per heavy atom. The number of rotatable bonds is 6. The Balaban J connectivity index is 1.73. The van der Waals surface area contributed by atoms with Crippen LogP contribution in [0, 0.1) is 0 Å². The lowest BCUT2D eigenvalue weighted by molar-refractivity contribution is 0.0941. The maximum atomic E-state index is 9.47. The molecule has 24 heavy (non-hydrogen) atoms. The van der Waals surface area contributed by atoms with E-state index in [1.807, 2.05) is 24.5 Å². The number of nitrogens with zero attached hydrogens (tertiary/aromatic N) is 3. The Morgan fingerprint density at radius 1 is 1.12 bits per heavy atom. The first-order chi connectivity index (χ1) is 11.8. The van der Waals surface area contributed by atoms with Gasteiger partial charge < -0.3 is 10.0 Å². The molecule has 0 amide bonds. The van der Waals surface area contributed by atoms with Crippen molar-refractivity contribution in [2.75, 3.05) is 33.3 Å². The van der Waals surface area contributed by atoms with E-state index in [9.17, 15) is 5.11 Å². The van der Waals surface area contributed by atoms with E-state index in [0.29, 0.717) is 6.04 Å². The van der Waals surface area contributed by atoms with E-state index < -0.39 is 0 Å². The van der Waals surface area contributed by atoms with E-state index in [4.69, 9.17) is 0 Å². The van der Waals surface area contributed by atoms with Crippen molar-refractivity contribution in [3.63, 3.8) is 0 Å². The summed E-state index contributed by atoms with van der Waals surface area (Å²) in [4.78, 5) is 8.92. The van der Waals surface area contributed by atoms with Gasteiger partial charge in [0.1, 0.15) is 0 Å². The van der Waals surface area contributed by atoms with Crippen LogP contribution in [0.5, 0.6) is 0 Å². The van der Waals surface area contributed by atoms with Gasteiger partial charge in [0.25, 0.3) is 0 Å². The number of aromatic nitrogens is 1. The Hall–Kier alpha value is -1.75. The zero-order valence-corrected chi connectivity index (χ0v) is 14.4. The fourth-order valence-electron chi connectivity index (χ4n) is 3.51. The van der Waals surface area contributed by atoms with E-state index in [0.717, 1.165) is 26.2 Å². The molecule has 1 aromatic heterocycles. The normalized spacial score (nSPS) is 16.6. The van der Waals surface area contributed by atoms with Crippen LogP contribution in [0.3, 0.4) is 0 Å². The van der Waals surface area contributed by atoms with Gasteiger partial charge in [-0.15, -0.1) is 0 Å². The number of hydrogen-bond acceptors (Lipinski definition) is 4. The highest BCUT2D eigenvalue weighted by Gasteiger charge is 2.22. The van der Waals surface area contributed by atoms with Crippen molar-refractivity contribution in [1.82, 2.24) is 14.8 Å². The van der Waals surface area contributed by atoms with Gasteiger partial charge in [0.15, 0.2) is 0 Å². The molecular weight excluding hydrogens is 298 g/mol. The summed E-state index contributed by atoms with van der Waals surface area (Å²) in [6, 6.07) is 13.4. The van der Waals surface area contributed by atoms with E-state index >= 15 is 0 Å². The van der Waals surface area contributed by atoms with Crippen LogP contribution in [0.15, 0.2) is 48.8 Å². The van der Waals surface area contributed by atoms with E-state index in [1.165, 1.54) is 29.5 Å². The third kappa shape index (κ3) is 4.41. The lowest BCUT2D eigenvalue weighted by Gasteiger charge is -2.37. The third-order valence-corrected chi connectivity index (χ3v) is 4.92. The van der Waals surface area contributed by atoms with Gasteiger partial charge >= 0.3 is 0 Å². The van der Waals surface area contributed by atoms with Crippen molar-refractivity contribution in [3.05, 3.63) is 54.4 Å². The molecule has 4 heteroatoms. The van der Waals surface area contributed by atoms with Gasteiger partial charge in [-0.05, 0) is 67.9 Å². The van der Waals surface area contributed by atoms with Gasteiger partial charge in [-0.1, -0.05) is 18.2 Å². The Labute approximate surface area is 144 Å². The predicted molar refractivity (Wildman–Crippen MR) is 97.7 cm³/mol. The fourth-order valence-corrected chi connectivity index (χ4v) is 3.51. The molecule has 0 aliphatic carbocycles. The first-order valence-corrected chi connectivity index (χ1v) is 8.79. The Kier molecular flexibility index (Phi) is 5.96. The average molecular weight is 325 g/mol. The van der Waals surface area contributed by atoms with Gasteiger partial charge in [0, 0.05) is 31.5 Å². The summed E-state index contributed by atoms with van der Waals surface area (Å²) < 4.78 is 0. The molecule has 1 aromatic carbocycles. The molecule has 2 heterocycles. The number of likely N-dealkylation sites (tertiary alicyclic amines) is 1. The van der Waals surface area contributed by atoms with Crippen LogP contribution in [0.1, 0.15) is 18.4 Å². The zero-order chi connectivity index (χ0) is 16.8. The molecule has 3 rings (SSSR count). The number of hydrogen-bond donors (Lipinski definition) is 1. The second-order valence-electron chi connectivity index (χ2n) is 6.66. The maximum absolute atomic E-state index is 9.47. The molecule has 1 N–H and O–H groups in total. The van der Waals surface area contributed by atoms with Crippen LogP contribution >= 0.6 is 0 Å². The SMILES string of the molecule is CN1CCC(N(CCO)Cc2cccc(-c3ccncc3)c2)CC1. The van der Waals surface area contributed by atoms with Gasteiger partial charge in [-0.25, -0.2) is 0 Å². The average Bonchev–Trinajstić information content (AvgIpc) is 2.63. The predicted octanol–water partition coefficient (Wildman–Crippen LogP) is 2.64. The summed E-state index contributed by atoms with van der Waals surface area (Å²) in [7, 11) is 2.19. The number of piperidine rings is 1. The Bertz CT molecular complexity index is 624. The minimum absolute atomic E-state index is 0.219. The number of benzene rings is 1. The van der Waals surface area contributed by atoms with Gasteiger partial charge in [0.2, 0.25) is 0 Å². The minimum atomic E-state index is 0.219. The highest BCUT2D eigenvalue weighted by molar-refractivity contribution is 5.63. The van der Waals surface area contributed by atoms with Crippen molar-refractivity contribution in [3.8, 4) is 11.1 Å². The van der Waals surface area contributed by atoms with E-state index in [1.54, 1.807) is 0 Å². The molecule has 0 saturated carbocycles. The summed E-state index contributed by atoms with van der Waals surface area (Å²) in [6.07, 6.45) is 6.03. The molecule has 0 spiro atoms. The van der Waals surface area contributed by atoms with Crippen LogP contribution < -0.4 is 0 Å². The summed E-state index contributed by atoms with van der Waals surface area (Å²) in [5.41, 5.74) is 3.72. The van der Waals surface area contributed by atoms with Crippen LogP contribution in [0.4, 0.5) is 0 Å². The first-order valence-electron chi connectivity index (χ1n) is 8.79. The van der Waals surface area contributed by atoms with Gasteiger partial charge in [0.05, 0.1) is 6.61 Å². The molecule has 4 nitrogen and oxygen atoms in total. The lowest BCUT2D eigenvalue weighted by Crippen LogP contribution is -2.44. The summed E-state index contributed by atoms with van der Waals surface area (Å²) in [5.74, 6) is 0. The standard InChI is InChI=1S/C20H27N3O/c1-22-11-7-20(8-12-22)23(13-14-24)16-17-3-2-4-19(15-17)18-5-9-21-10-6-18/h2-6,9-10,15,20,24H,7-8,11-14,16H2,1H3. The van der Waals surface area contributed by atoms with Crippen molar-refractivity contribution in [1.29, 1.82) is 0 Å². The lowest BCUT2D eigenvalue weighted by atomic mass is 10.0. The second-order valence-corrected chi connectivity index (χ2v) is 6.66. The third-order valence-electron chi connectivity index (χ3n) is 4.92. The van der Waals surface area contributed by atoms with Crippen LogP contribution in [0.25, 0.3) is 11.1 Å². The highest BCUT2D eigenvalue weighted by atomic mass is 16.3. The topological polar surface area (TPSA) is 39.6 Å². The maximum Gasteiger partial charge on any atom is 0.0558 e. The second kappa shape index (κ2) is 8.38. The highest BCUT2D eigenvalue weighted by Crippen LogP contribution is 2.22. The molecule has 1 aliphatic rings.